The van der Waals surface area contributed by atoms with Crippen molar-refractivity contribution in [3.8, 4) is 0 Å². The molecule has 0 fully saturated rings. The van der Waals surface area contributed by atoms with Crippen LogP contribution in [-0.2, 0) is 11.2 Å². The molecule has 0 spiro atoms. The standard InChI is InChI=1S/C12H10N2O/c15-12-6-3-9-8-2-1-7-13-10(8)4-5-11(9)14-12/h1-2,4-5,7H,3,6H2,(H,14,15). The number of aryl methyl sites for hydroxylation is 1. The van der Waals surface area contributed by atoms with Crippen LogP contribution in [-0.4, -0.2) is 10.9 Å². The average molecular weight is 198 g/mol. The topological polar surface area (TPSA) is 42.0 Å². The molecular weight excluding hydrogens is 188 g/mol. The lowest BCUT2D eigenvalue weighted by atomic mass is 9.98. The number of nitrogens with zero attached hydrogens (tertiary/aromatic N) is 1. The molecule has 0 bridgehead atoms. The average Bonchev–Trinajstić information content (AvgIpc) is 2.28. The number of carbonyl (C=O) groups excluding carboxylic acids is 1. The minimum atomic E-state index is 0.103. The van der Waals surface area contributed by atoms with E-state index in [0.29, 0.717) is 6.42 Å². The second-order valence-electron chi connectivity index (χ2n) is 3.71. The number of hydrogen-bond donors (Lipinski definition) is 1. The van der Waals surface area contributed by atoms with Gasteiger partial charge in [-0.05, 0) is 30.2 Å². The van der Waals surface area contributed by atoms with Crippen molar-refractivity contribution in [1.29, 1.82) is 0 Å². The van der Waals surface area contributed by atoms with Gasteiger partial charge in [-0.25, -0.2) is 0 Å². The molecule has 2 aromatic rings. The van der Waals surface area contributed by atoms with Gasteiger partial charge in [0, 0.05) is 23.7 Å². The van der Waals surface area contributed by atoms with E-state index in [9.17, 15) is 4.79 Å². The summed E-state index contributed by atoms with van der Waals surface area (Å²) in [6, 6.07) is 7.86. The van der Waals surface area contributed by atoms with E-state index in [2.05, 4.69) is 16.4 Å². The van der Waals surface area contributed by atoms with Crippen LogP contribution in [0.4, 0.5) is 5.69 Å². The Labute approximate surface area is 87.1 Å². The van der Waals surface area contributed by atoms with E-state index in [1.165, 1.54) is 5.56 Å². The second-order valence-corrected chi connectivity index (χ2v) is 3.71. The Morgan fingerprint density at radius 2 is 2.13 bits per heavy atom. The molecule has 1 aliphatic rings. The van der Waals surface area contributed by atoms with Crippen molar-refractivity contribution < 1.29 is 4.79 Å². The lowest BCUT2D eigenvalue weighted by Gasteiger charge is -2.18. The summed E-state index contributed by atoms with van der Waals surface area (Å²) < 4.78 is 0. The fourth-order valence-corrected chi connectivity index (χ4v) is 2.05. The summed E-state index contributed by atoms with van der Waals surface area (Å²) in [6.45, 7) is 0. The number of pyridine rings is 1. The number of fused-ring (bicyclic) bond motifs is 3. The number of benzene rings is 1. The van der Waals surface area contributed by atoms with Gasteiger partial charge in [0.25, 0.3) is 0 Å². The third kappa shape index (κ3) is 1.28. The lowest BCUT2D eigenvalue weighted by Crippen LogP contribution is -2.19. The van der Waals surface area contributed by atoms with Gasteiger partial charge in [0.1, 0.15) is 0 Å². The van der Waals surface area contributed by atoms with E-state index < -0.39 is 0 Å². The fraction of sp³-hybridized carbons (Fsp3) is 0.167. The molecule has 2 heterocycles. The highest BCUT2D eigenvalue weighted by Crippen LogP contribution is 2.29. The normalized spacial score (nSPS) is 14.8. The van der Waals surface area contributed by atoms with Crippen molar-refractivity contribution in [2.24, 2.45) is 0 Å². The zero-order chi connectivity index (χ0) is 10.3. The molecule has 0 saturated heterocycles. The summed E-state index contributed by atoms with van der Waals surface area (Å²) in [5, 5.41) is 4.03. The van der Waals surface area contributed by atoms with Crippen LogP contribution in [0.2, 0.25) is 0 Å². The molecule has 1 aliphatic heterocycles. The highest BCUT2D eigenvalue weighted by molar-refractivity contribution is 5.99. The van der Waals surface area contributed by atoms with Gasteiger partial charge >= 0.3 is 0 Å². The number of aromatic nitrogens is 1. The molecule has 3 rings (SSSR count). The molecule has 15 heavy (non-hydrogen) atoms. The Bertz CT molecular complexity index is 548. The van der Waals surface area contributed by atoms with Gasteiger partial charge in [-0.2, -0.15) is 0 Å². The maximum absolute atomic E-state index is 11.2. The molecule has 1 aromatic carbocycles. The van der Waals surface area contributed by atoms with Gasteiger partial charge in [0.05, 0.1) is 5.52 Å². The summed E-state index contributed by atoms with van der Waals surface area (Å²) >= 11 is 0. The van der Waals surface area contributed by atoms with Crippen molar-refractivity contribution >= 4 is 22.5 Å². The molecule has 0 atom stereocenters. The van der Waals surface area contributed by atoms with E-state index in [4.69, 9.17) is 0 Å². The summed E-state index contributed by atoms with van der Waals surface area (Å²) in [4.78, 5) is 15.5. The third-order valence-corrected chi connectivity index (χ3v) is 2.77. The van der Waals surface area contributed by atoms with Crippen molar-refractivity contribution in [3.63, 3.8) is 0 Å². The first-order chi connectivity index (χ1) is 7.34. The quantitative estimate of drug-likeness (QED) is 0.704. The van der Waals surface area contributed by atoms with Crippen LogP contribution >= 0.6 is 0 Å². The Hall–Kier alpha value is -1.90. The van der Waals surface area contributed by atoms with E-state index >= 15 is 0 Å². The van der Waals surface area contributed by atoms with Crippen molar-refractivity contribution in [1.82, 2.24) is 4.98 Å². The largest absolute Gasteiger partial charge is 0.326 e. The van der Waals surface area contributed by atoms with Crippen molar-refractivity contribution in [2.45, 2.75) is 12.8 Å². The predicted molar refractivity (Wildman–Crippen MR) is 58.7 cm³/mol. The van der Waals surface area contributed by atoms with Crippen LogP contribution < -0.4 is 5.32 Å². The summed E-state index contributed by atoms with van der Waals surface area (Å²) in [5.74, 6) is 0.103. The number of carbonyl (C=O) groups is 1. The molecule has 1 aromatic heterocycles. The smallest absolute Gasteiger partial charge is 0.224 e. The van der Waals surface area contributed by atoms with Crippen LogP contribution in [0.15, 0.2) is 30.5 Å². The van der Waals surface area contributed by atoms with E-state index in [0.717, 1.165) is 23.0 Å². The summed E-state index contributed by atoms with van der Waals surface area (Å²) in [6.07, 6.45) is 3.17. The number of hydrogen-bond acceptors (Lipinski definition) is 2. The summed E-state index contributed by atoms with van der Waals surface area (Å²) in [5.41, 5.74) is 3.14. The molecule has 74 valence electrons. The van der Waals surface area contributed by atoms with E-state index in [1.54, 1.807) is 6.20 Å². The van der Waals surface area contributed by atoms with Crippen LogP contribution in [0.5, 0.6) is 0 Å². The van der Waals surface area contributed by atoms with Gasteiger partial charge in [0.2, 0.25) is 5.91 Å². The lowest BCUT2D eigenvalue weighted by molar-refractivity contribution is -0.116. The molecule has 0 aliphatic carbocycles. The van der Waals surface area contributed by atoms with Crippen LogP contribution in [0.25, 0.3) is 10.9 Å². The number of rotatable bonds is 0. The van der Waals surface area contributed by atoms with Gasteiger partial charge in [-0.1, -0.05) is 6.07 Å². The van der Waals surface area contributed by atoms with E-state index in [-0.39, 0.29) is 5.91 Å². The summed E-state index contributed by atoms with van der Waals surface area (Å²) in [7, 11) is 0. The zero-order valence-electron chi connectivity index (χ0n) is 8.16. The molecule has 1 amide bonds. The maximum atomic E-state index is 11.2. The molecule has 3 nitrogen and oxygen atoms in total. The van der Waals surface area contributed by atoms with Crippen LogP contribution in [0.3, 0.4) is 0 Å². The Morgan fingerprint density at radius 3 is 3.07 bits per heavy atom. The second kappa shape index (κ2) is 3.05. The Kier molecular flexibility index (Phi) is 1.71. The number of nitrogens with one attached hydrogen (secondary N) is 1. The van der Waals surface area contributed by atoms with Crippen LogP contribution in [0, 0.1) is 0 Å². The third-order valence-electron chi connectivity index (χ3n) is 2.77. The highest BCUT2D eigenvalue weighted by atomic mass is 16.1. The van der Waals surface area contributed by atoms with Crippen molar-refractivity contribution in [2.75, 3.05) is 5.32 Å². The predicted octanol–water partition coefficient (Wildman–Crippen LogP) is 2.12. The minimum Gasteiger partial charge on any atom is -0.326 e. The number of amides is 1. The molecule has 0 saturated carbocycles. The molecule has 3 heteroatoms. The number of anilines is 1. The highest BCUT2D eigenvalue weighted by Gasteiger charge is 2.16. The van der Waals surface area contributed by atoms with Gasteiger partial charge < -0.3 is 5.32 Å². The first-order valence-electron chi connectivity index (χ1n) is 5.01. The molecular formula is C12H10N2O. The van der Waals surface area contributed by atoms with Crippen LogP contribution in [0.1, 0.15) is 12.0 Å². The first-order valence-corrected chi connectivity index (χ1v) is 5.01. The monoisotopic (exact) mass is 198 g/mol. The van der Waals surface area contributed by atoms with Gasteiger partial charge in [-0.15, -0.1) is 0 Å². The van der Waals surface area contributed by atoms with Gasteiger partial charge in [0.15, 0.2) is 0 Å². The molecule has 0 unspecified atom stereocenters. The Morgan fingerprint density at radius 1 is 1.20 bits per heavy atom. The zero-order valence-corrected chi connectivity index (χ0v) is 8.16. The minimum absolute atomic E-state index is 0.103. The molecule has 1 N–H and O–H groups in total. The first kappa shape index (κ1) is 8.41. The Balaban J connectivity index is 2.30. The SMILES string of the molecule is O=C1CCc2c(ccc3ncccc23)N1. The fourth-order valence-electron chi connectivity index (χ4n) is 2.05. The maximum Gasteiger partial charge on any atom is 0.224 e. The molecule has 0 radical (unpaired) electrons. The van der Waals surface area contributed by atoms with E-state index in [1.807, 2.05) is 18.2 Å². The van der Waals surface area contributed by atoms with Crippen molar-refractivity contribution in [3.05, 3.63) is 36.0 Å². The van der Waals surface area contributed by atoms with Gasteiger partial charge in [-0.3, -0.25) is 9.78 Å².